The molecule has 1 aliphatic heterocycles. The third-order valence-electron chi connectivity index (χ3n) is 4.69. The van der Waals surface area contributed by atoms with Crippen LogP contribution in [0.1, 0.15) is 28.9 Å². The van der Waals surface area contributed by atoms with Crippen LogP contribution in [0.4, 0.5) is 0 Å². The van der Waals surface area contributed by atoms with Crippen LogP contribution in [0.2, 0.25) is 0 Å². The van der Waals surface area contributed by atoms with E-state index in [0.717, 1.165) is 5.56 Å². The Kier molecular flexibility index (Phi) is 5.94. The molecular formula is C20H24N2O4S. The summed E-state index contributed by atoms with van der Waals surface area (Å²) in [6.45, 7) is 3.72. The van der Waals surface area contributed by atoms with Crippen molar-refractivity contribution in [3.05, 3.63) is 65.7 Å². The number of carbonyl (C=O) groups excluding carboxylic acids is 1. The van der Waals surface area contributed by atoms with Crippen LogP contribution in [0, 0.1) is 0 Å². The van der Waals surface area contributed by atoms with Crippen molar-refractivity contribution in [1.29, 1.82) is 0 Å². The first kappa shape index (κ1) is 19.5. The minimum atomic E-state index is -3.68. The molecule has 3 rings (SSSR count). The van der Waals surface area contributed by atoms with Gasteiger partial charge in [0.25, 0.3) is 0 Å². The van der Waals surface area contributed by atoms with Gasteiger partial charge in [-0.3, -0.25) is 0 Å². The molecule has 0 radical (unpaired) electrons. The second kappa shape index (κ2) is 8.21. The molecule has 27 heavy (non-hydrogen) atoms. The first-order valence-electron chi connectivity index (χ1n) is 8.96. The first-order valence-corrected chi connectivity index (χ1v) is 10.4. The van der Waals surface area contributed by atoms with E-state index in [1.165, 1.54) is 24.3 Å². The quantitative estimate of drug-likeness (QED) is 0.737. The Labute approximate surface area is 160 Å². The van der Waals surface area contributed by atoms with Gasteiger partial charge in [-0.25, -0.2) is 13.2 Å². The number of piperazine rings is 1. The molecule has 1 unspecified atom stereocenters. The van der Waals surface area contributed by atoms with Crippen molar-refractivity contribution in [3.8, 4) is 0 Å². The van der Waals surface area contributed by atoms with Gasteiger partial charge in [-0.2, -0.15) is 4.31 Å². The fraction of sp³-hybridized carbons (Fsp3) is 0.350. The molecule has 1 aliphatic rings. The van der Waals surface area contributed by atoms with Gasteiger partial charge in [-0.15, -0.1) is 0 Å². The van der Waals surface area contributed by atoms with Gasteiger partial charge in [0.05, 0.1) is 23.1 Å². The minimum absolute atomic E-state index is 0.182. The number of esters is 1. The number of hydrogen-bond donors (Lipinski definition) is 0. The number of hydrogen-bond acceptors (Lipinski definition) is 5. The molecule has 1 saturated heterocycles. The lowest BCUT2D eigenvalue weighted by Gasteiger charge is -2.39. The van der Waals surface area contributed by atoms with Gasteiger partial charge >= 0.3 is 5.97 Å². The number of rotatable bonds is 5. The van der Waals surface area contributed by atoms with Gasteiger partial charge in [0.15, 0.2) is 0 Å². The van der Waals surface area contributed by atoms with E-state index in [1.807, 2.05) is 37.4 Å². The van der Waals surface area contributed by atoms with Crippen LogP contribution in [0.5, 0.6) is 0 Å². The van der Waals surface area contributed by atoms with Gasteiger partial charge in [0.1, 0.15) is 0 Å². The summed E-state index contributed by atoms with van der Waals surface area (Å²) in [5.74, 6) is -0.455. The van der Waals surface area contributed by atoms with Crippen LogP contribution in [-0.4, -0.2) is 56.9 Å². The zero-order valence-corrected chi connectivity index (χ0v) is 16.4. The van der Waals surface area contributed by atoms with Crippen molar-refractivity contribution in [2.75, 3.05) is 33.3 Å². The Hall–Kier alpha value is -2.22. The SMILES string of the molecule is CCOC(=O)c1ccc(S(=O)(=O)N2CCN(C)CC2c2ccccc2)cc1. The largest absolute Gasteiger partial charge is 0.462 e. The zero-order chi connectivity index (χ0) is 19.4. The molecule has 1 heterocycles. The predicted octanol–water partition coefficient (Wildman–Crippen LogP) is 2.54. The average molecular weight is 388 g/mol. The fourth-order valence-corrected chi connectivity index (χ4v) is 4.85. The maximum absolute atomic E-state index is 13.3. The molecule has 0 saturated carbocycles. The van der Waals surface area contributed by atoms with Crippen LogP contribution < -0.4 is 0 Å². The second-order valence-corrected chi connectivity index (χ2v) is 8.44. The average Bonchev–Trinajstić information content (AvgIpc) is 2.68. The molecule has 6 nitrogen and oxygen atoms in total. The predicted molar refractivity (Wildman–Crippen MR) is 103 cm³/mol. The van der Waals surface area contributed by atoms with E-state index in [9.17, 15) is 13.2 Å². The summed E-state index contributed by atoms with van der Waals surface area (Å²) < 4.78 is 33.1. The molecule has 2 aromatic rings. The molecule has 1 fully saturated rings. The Morgan fingerprint density at radius 1 is 1.07 bits per heavy atom. The summed E-state index contributed by atoms with van der Waals surface area (Å²) in [5, 5.41) is 0. The van der Waals surface area contributed by atoms with Gasteiger partial charge in [0.2, 0.25) is 10.0 Å². The number of sulfonamides is 1. The summed E-state index contributed by atoms with van der Waals surface area (Å²) in [6, 6.07) is 15.4. The number of ether oxygens (including phenoxy) is 1. The van der Waals surface area contributed by atoms with Crippen LogP contribution in [-0.2, 0) is 14.8 Å². The molecule has 0 aliphatic carbocycles. The van der Waals surface area contributed by atoms with E-state index in [4.69, 9.17) is 4.74 Å². The lowest BCUT2D eigenvalue weighted by atomic mass is 10.1. The highest BCUT2D eigenvalue weighted by molar-refractivity contribution is 7.89. The summed E-state index contributed by atoms with van der Waals surface area (Å²) in [4.78, 5) is 14.1. The smallest absolute Gasteiger partial charge is 0.338 e. The van der Waals surface area contributed by atoms with Crippen molar-refractivity contribution in [3.63, 3.8) is 0 Å². The molecule has 1 atom stereocenters. The molecule has 7 heteroatoms. The minimum Gasteiger partial charge on any atom is -0.462 e. The van der Waals surface area contributed by atoms with Crippen LogP contribution in [0.25, 0.3) is 0 Å². The van der Waals surface area contributed by atoms with E-state index in [-0.39, 0.29) is 17.5 Å². The summed E-state index contributed by atoms with van der Waals surface area (Å²) in [5.41, 5.74) is 1.31. The number of likely N-dealkylation sites (N-methyl/N-ethyl adjacent to an activating group) is 1. The van der Waals surface area contributed by atoms with E-state index >= 15 is 0 Å². The normalized spacial score (nSPS) is 19.0. The maximum atomic E-state index is 13.3. The van der Waals surface area contributed by atoms with E-state index in [2.05, 4.69) is 4.90 Å². The van der Waals surface area contributed by atoms with Gasteiger partial charge in [-0.05, 0) is 43.8 Å². The number of nitrogens with zero attached hydrogens (tertiary/aromatic N) is 2. The van der Waals surface area contributed by atoms with Crippen molar-refractivity contribution in [2.24, 2.45) is 0 Å². The molecule has 0 amide bonds. The third-order valence-corrected chi connectivity index (χ3v) is 6.61. The number of carbonyl (C=O) groups is 1. The molecular weight excluding hydrogens is 364 g/mol. The van der Waals surface area contributed by atoms with E-state index in [0.29, 0.717) is 25.2 Å². The lowest BCUT2D eigenvalue weighted by Crippen LogP contribution is -2.49. The third kappa shape index (κ3) is 4.21. The van der Waals surface area contributed by atoms with Crippen LogP contribution >= 0.6 is 0 Å². The molecule has 0 N–H and O–H groups in total. The first-order chi connectivity index (χ1) is 12.9. The van der Waals surface area contributed by atoms with E-state index < -0.39 is 16.0 Å². The Balaban J connectivity index is 1.91. The monoisotopic (exact) mass is 388 g/mol. The fourth-order valence-electron chi connectivity index (χ4n) is 3.25. The topological polar surface area (TPSA) is 66.9 Å². The van der Waals surface area contributed by atoms with Crippen molar-refractivity contribution in [2.45, 2.75) is 17.9 Å². The highest BCUT2D eigenvalue weighted by atomic mass is 32.2. The molecule has 0 spiro atoms. The molecule has 2 aromatic carbocycles. The molecule has 0 bridgehead atoms. The Morgan fingerprint density at radius 3 is 2.37 bits per heavy atom. The van der Waals surface area contributed by atoms with Crippen molar-refractivity contribution < 1.29 is 17.9 Å². The summed E-state index contributed by atoms with van der Waals surface area (Å²) in [7, 11) is -1.69. The number of benzene rings is 2. The highest BCUT2D eigenvalue weighted by Crippen LogP contribution is 2.30. The maximum Gasteiger partial charge on any atom is 0.338 e. The van der Waals surface area contributed by atoms with Crippen LogP contribution in [0.15, 0.2) is 59.5 Å². The van der Waals surface area contributed by atoms with Gasteiger partial charge in [0, 0.05) is 19.6 Å². The second-order valence-electron chi connectivity index (χ2n) is 6.55. The van der Waals surface area contributed by atoms with Crippen molar-refractivity contribution in [1.82, 2.24) is 9.21 Å². The lowest BCUT2D eigenvalue weighted by molar-refractivity contribution is 0.0526. The highest BCUT2D eigenvalue weighted by Gasteiger charge is 2.36. The summed E-state index contributed by atoms with van der Waals surface area (Å²) in [6.07, 6.45) is 0. The Morgan fingerprint density at radius 2 is 1.74 bits per heavy atom. The zero-order valence-electron chi connectivity index (χ0n) is 15.5. The molecule has 144 valence electrons. The van der Waals surface area contributed by atoms with Crippen molar-refractivity contribution >= 4 is 16.0 Å². The van der Waals surface area contributed by atoms with E-state index in [1.54, 1.807) is 11.2 Å². The van der Waals surface area contributed by atoms with Gasteiger partial charge in [-0.1, -0.05) is 30.3 Å². The van der Waals surface area contributed by atoms with Gasteiger partial charge < -0.3 is 9.64 Å². The Bertz CT molecular complexity index is 882. The standard InChI is InChI=1S/C20H24N2O4S/c1-3-26-20(23)17-9-11-18(12-10-17)27(24,25)22-14-13-21(2)15-19(22)16-7-5-4-6-8-16/h4-12,19H,3,13-15H2,1-2H3. The van der Waals surface area contributed by atoms with Crippen LogP contribution in [0.3, 0.4) is 0 Å². The summed E-state index contributed by atoms with van der Waals surface area (Å²) >= 11 is 0. The molecule has 0 aromatic heterocycles.